The van der Waals surface area contributed by atoms with Crippen LogP contribution in [0.25, 0.3) is 0 Å². The van der Waals surface area contributed by atoms with E-state index in [0.29, 0.717) is 17.8 Å². The van der Waals surface area contributed by atoms with Gasteiger partial charge in [0.05, 0.1) is 0 Å². The van der Waals surface area contributed by atoms with Gasteiger partial charge < -0.3 is 9.53 Å². The molecule has 3 rings (SSSR count). The van der Waals surface area contributed by atoms with Crippen molar-refractivity contribution in [2.75, 3.05) is 19.0 Å². The smallest absolute Gasteiger partial charge is 0.261 e. The Kier molecular flexibility index (Phi) is 5.74. The van der Waals surface area contributed by atoms with E-state index < -0.39 is 8.32 Å². The van der Waals surface area contributed by atoms with Crippen LogP contribution in [0.1, 0.15) is 20.8 Å². The van der Waals surface area contributed by atoms with Crippen LogP contribution < -0.4 is 10.4 Å². The summed E-state index contributed by atoms with van der Waals surface area (Å²) in [5, 5.41) is 12.6. The van der Waals surface area contributed by atoms with E-state index in [2.05, 4.69) is 81.4 Å². The number of aliphatic hydroxyl groups is 1. The number of hydrogen-bond donors (Lipinski definition) is 1. The molecule has 0 aliphatic carbocycles. The van der Waals surface area contributed by atoms with Crippen molar-refractivity contribution >= 4 is 30.5 Å². The molecule has 2 aromatic rings. The summed E-state index contributed by atoms with van der Waals surface area (Å²) in [6.07, 6.45) is 0. The summed E-state index contributed by atoms with van der Waals surface area (Å²) in [5.41, 5.74) is 0. The van der Waals surface area contributed by atoms with Crippen molar-refractivity contribution in [1.29, 1.82) is 0 Å². The second-order valence-electron chi connectivity index (χ2n) is 7.79. The normalized spacial score (nSPS) is 21.0. The molecule has 1 fully saturated rings. The average molecular weight is 373 g/mol. The molecule has 0 unspecified atom stereocenters. The molecular weight excluding hydrogens is 344 g/mol. The first-order valence-corrected chi connectivity index (χ1v) is 11.9. The van der Waals surface area contributed by atoms with E-state index in [1.807, 2.05) is 11.8 Å². The molecule has 0 bridgehead atoms. The maximum atomic E-state index is 9.52. The Morgan fingerprint density at radius 3 is 1.88 bits per heavy atom. The number of hydrogen-bond acceptors (Lipinski definition) is 3. The molecule has 1 aliphatic rings. The molecule has 25 heavy (non-hydrogen) atoms. The van der Waals surface area contributed by atoms with Gasteiger partial charge in [-0.3, -0.25) is 0 Å². The highest BCUT2D eigenvalue weighted by atomic mass is 32.2. The molecule has 1 saturated heterocycles. The summed E-state index contributed by atoms with van der Waals surface area (Å²) < 4.78 is 6.91. The summed E-state index contributed by atoms with van der Waals surface area (Å²) in [4.78, 5) is 0. The molecule has 134 valence electrons. The molecule has 0 aromatic heterocycles. The van der Waals surface area contributed by atoms with Gasteiger partial charge in [-0.2, -0.15) is 11.8 Å². The average Bonchev–Trinajstić information content (AvgIpc) is 2.58. The van der Waals surface area contributed by atoms with Crippen molar-refractivity contribution in [3.05, 3.63) is 60.7 Å². The first-order chi connectivity index (χ1) is 12.0. The summed E-state index contributed by atoms with van der Waals surface area (Å²) in [5.74, 6) is 1.42. The van der Waals surface area contributed by atoms with Gasteiger partial charge in [0.2, 0.25) is 0 Å². The van der Waals surface area contributed by atoms with Crippen LogP contribution in [0.2, 0.25) is 5.04 Å². The lowest BCUT2D eigenvalue weighted by molar-refractivity contribution is 0.196. The molecule has 4 heteroatoms. The van der Waals surface area contributed by atoms with Crippen LogP contribution in [-0.4, -0.2) is 37.6 Å². The number of aliphatic hydroxyl groups excluding tert-OH is 1. The van der Waals surface area contributed by atoms with E-state index in [1.165, 1.54) is 10.4 Å². The SMILES string of the molecule is CC(C)(C)[Si](OC[C@H]1SC[C@@H]1CO)(c1ccccc1)c1ccccc1. The Morgan fingerprint density at radius 1 is 1.00 bits per heavy atom. The highest BCUT2D eigenvalue weighted by molar-refractivity contribution is 8.01. The summed E-state index contributed by atoms with van der Waals surface area (Å²) in [7, 11) is -2.43. The minimum Gasteiger partial charge on any atom is -0.406 e. The van der Waals surface area contributed by atoms with Crippen molar-refractivity contribution in [2.24, 2.45) is 5.92 Å². The van der Waals surface area contributed by atoms with Crippen LogP contribution in [0.15, 0.2) is 60.7 Å². The van der Waals surface area contributed by atoms with Gasteiger partial charge in [0.25, 0.3) is 8.32 Å². The predicted molar refractivity (Wildman–Crippen MR) is 110 cm³/mol. The third-order valence-electron chi connectivity index (χ3n) is 5.17. The topological polar surface area (TPSA) is 29.5 Å². The summed E-state index contributed by atoms with van der Waals surface area (Å²) >= 11 is 1.92. The Bertz CT molecular complexity index is 628. The standard InChI is InChI=1S/C21H28O2SSi/c1-21(2,3)25(18-10-6-4-7-11-18,19-12-8-5-9-13-19)23-15-20-17(14-22)16-24-20/h4-13,17,20,22H,14-16H2,1-3H3/t17-,20+/m0/s1. The highest BCUT2D eigenvalue weighted by Gasteiger charge is 2.51. The number of rotatable bonds is 6. The monoisotopic (exact) mass is 372 g/mol. The van der Waals surface area contributed by atoms with Crippen LogP contribution in [0.5, 0.6) is 0 Å². The largest absolute Gasteiger partial charge is 0.406 e. The fourth-order valence-corrected chi connectivity index (χ4v) is 9.49. The first kappa shape index (κ1) is 18.7. The third-order valence-corrected chi connectivity index (χ3v) is 11.7. The van der Waals surface area contributed by atoms with Gasteiger partial charge in [-0.1, -0.05) is 81.4 Å². The maximum absolute atomic E-state index is 9.52. The number of benzene rings is 2. The van der Waals surface area contributed by atoms with Gasteiger partial charge >= 0.3 is 0 Å². The van der Waals surface area contributed by atoms with Crippen LogP contribution in [0.4, 0.5) is 0 Å². The molecule has 1 aliphatic heterocycles. The van der Waals surface area contributed by atoms with Crippen molar-refractivity contribution in [2.45, 2.75) is 31.1 Å². The Labute approximate surface area is 156 Å². The molecule has 1 heterocycles. The molecule has 2 aromatic carbocycles. The van der Waals surface area contributed by atoms with Crippen LogP contribution in [-0.2, 0) is 4.43 Å². The lowest BCUT2D eigenvalue weighted by Crippen LogP contribution is -2.67. The molecule has 1 N–H and O–H groups in total. The van der Waals surface area contributed by atoms with Crippen molar-refractivity contribution in [3.63, 3.8) is 0 Å². The van der Waals surface area contributed by atoms with E-state index in [1.54, 1.807) is 0 Å². The van der Waals surface area contributed by atoms with Crippen molar-refractivity contribution < 1.29 is 9.53 Å². The second kappa shape index (κ2) is 7.66. The van der Waals surface area contributed by atoms with E-state index >= 15 is 0 Å². The van der Waals surface area contributed by atoms with Gasteiger partial charge in [-0.15, -0.1) is 0 Å². The first-order valence-electron chi connectivity index (χ1n) is 8.96. The second-order valence-corrected chi connectivity index (χ2v) is 13.4. The quantitative estimate of drug-likeness (QED) is 0.789. The van der Waals surface area contributed by atoms with Gasteiger partial charge in [0.1, 0.15) is 0 Å². The van der Waals surface area contributed by atoms with E-state index in [4.69, 9.17) is 4.43 Å². The molecule has 2 atom stereocenters. The van der Waals surface area contributed by atoms with E-state index in [9.17, 15) is 5.11 Å². The molecule has 2 nitrogen and oxygen atoms in total. The molecule has 0 saturated carbocycles. The Hall–Kier alpha value is -1.07. The van der Waals surface area contributed by atoms with Gasteiger partial charge in [-0.25, -0.2) is 0 Å². The van der Waals surface area contributed by atoms with Crippen LogP contribution >= 0.6 is 11.8 Å². The van der Waals surface area contributed by atoms with Gasteiger partial charge in [-0.05, 0) is 21.2 Å². The summed E-state index contributed by atoms with van der Waals surface area (Å²) in [6, 6.07) is 21.5. The molecule has 0 amide bonds. The minimum atomic E-state index is -2.43. The zero-order valence-electron chi connectivity index (χ0n) is 15.3. The fourth-order valence-electron chi connectivity index (χ4n) is 3.69. The molecular formula is C21H28O2SSi. The van der Waals surface area contributed by atoms with E-state index in [0.717, 1.165) is 5.75 Å². The van der Waals surface area contributed by atoms with Gasteiger partial charge in [0, 0.05) is 24.4 Å². The minimum absolute atomic E-state index is 0.0127. The zero-order valence-corrected chi connectivity index (χ0v) is 17.1. The summed E-state index contributed by atoms with van der Waals surface area (Å²) in [6.45, 7) is 7.88. The molecule has 0 spiro atoms. The Morgan fingerprint density at radius 2 is 1.52 bits per heavy atom. The number of thioether (sulfide) groups is 1. The lowest BCUT2D eigenvalue weighted by Gasteiger charge is -2.45. The molecule has 0 radical (unpaired) electrons. The van der Waals surface area contributed by atoms with Crippen LogP contribution in [0, 0.1) is 5.92 Å². The van der Waals surface area contributed by atoms with Crippen molar-refractivity contribution in [3.8, 4) is 0 Å². The predicted octanol–water partition coefficient (Wildman–Crippen LogP) is 3.29. The van der Waals surface area contributed by atoms with Gasteiger partial charge in [0.15, 0.2) is 0 Å². The Balaban J connectivity index is 2.03. The van der Waals surface area contributed by atoms with Crippen molar-refractivity contribution in [1.82, 2.24) is 0 Å². The van der Waals surface area contributed by atoms with Crippen LogP contribution in [0.3, 0.4) is 0 Å². The third kappa shape index (κ3) is 3.58. The lowest BCUT2D eigenvalue weighted by atomic mass is 10.1. The zero-order chi connectivity index (χ0) is 17.9. The fraction of sp³-hybridized carbons (Fsp3) is 0.429. The maximum Gasteiger partial charge on any atom is 0.261 e. The van der Waals surface area contributed by atoms with E-state index in [-0.39, 0.29) is 11.6 Å². The highest BCUT2D eigenvalue weighted by Crippen LogP contribution is 2.39.